The third kappa shape index (κ3) is 12.0. The van der Waals surface area contributed by atoms with E-state index in [1.165, 1.54) is 28.7 Å². The van der Waals surface area contributed by atoms with Gasteiger partial charge in [-0.25, -0.2) is 0 Å². The molecule has 0 spiro atoms. The highest BCUT2D eigenvalue weighted by molar-refractivity contribution is 5.07. The number of allylic oxidation sites excluding steroid dienone is 7. The van der Waals surface area contributed by atoms with Crippen LogP contribution in [0.25, 0.3) is 0 Å². The van der Waals surface area contributed by atoms with E-state index in [0.717, 1.165) is 45.3 Å². The van der Waals surface area contributed by atoms with Crippen LogP contribution in [0.1, 0.15) is 87.0 Å². The van der Waals surface area contributed by atoms with Crippen LogP contribution >= 0.6 is 0 Å². The Morgan fingerprint density at radius 3 is 1.67 bits per heavy atom. The molecular formula is C25H42O2. The van der Waals surface area contributed by atoms with Crippen molar-refractivity contribution < 1.29 is 9.47 Å². The molecule has 1 rings (SSSR count). The molecule has 0 N–H and O–H groups in total. The van der Waals surface area contributed by atoms with E-state index in [1.54, 1.807) is 0 Å². The number of hydrogen-bond acceptors (Lipinski definition) is 2. The number of rotatable bonds is 10. The van der Waals surface area contributed by atoms with E-state index < -0.39 is 0 Å². The maximum absolute atomic E-state index is 5.78. The summed E-state index contributed by atoms with van der Waals surface area (Å²) in [5.41, 5.74) is 5.89. The predicted molar refractivity (Wildman–Crippen MR) is 118 cm³/mol. The van der Waals surface area contributed by atoms with Crippen molar-refractivity contribution in [1.29, 1.82) is 0 Å². The van der Waals surface area contributed by atoms with Gasteiger partial charge in [-0.2, -0.15) is 0 Å². The second-order valence-corrected chi connectivity index (χ2v) is 9.17. The molecular weight excluding hydrogens is 332 g/mol. The molecule has 0 atom stereocenters. The third-order valence-electron chi connectivity index (χ3n) is 4.85. The average Bonchev–Trinajstić information content (AvgIpc) is 2.56. The van der Waals surface area contributed by atoms with Gasteiger partial charge in [0.2, 0.25) is 0 Å². The van der Waals surface area contributed by atoms with E-state index in [-0.39, 0.29) is 11.7 Å². The van der Waals surface area contributed by atoms with Gasteiger partial charge in [0.25, 0.3) is 0 Å². The van der Waals surface area contributed by atoms with Crippen molar-refractivity contribution in [3.8, 4) is 0 Å². The lowest BCUT2D eigenvalue weighted by Crippen LogP contribution is -2.36. The molecule has 0 amide bonds. The Balaban J connectivity index is 2.25. The number of ether oxygens (including phenoxy) is 2. The van der Waals surface area contributed by atoms with E-state index in [9.17, 15) is 0 Å². The normalized spacial score (nSPS) is 19.3. The molecule has 0 unspecified atom stereocenters. The zero-order valence-corrected chi connectivity index (χ0v) is 18.9. The lowest BCUT2D eigenvalue weighted by molar-refractivity contribution is -0.197. The van der Waals surface area contributed by atoms with E-state index in [0.29, 0.717) is 0 Å². The molecule has 0 bridgehead atoms. The van der Waals surface area contributed by atoms with E-state index in [4.69, 9.17) is 9.47 Å². The summed E-state index contributed by atoms with van der Waals surface area (Å²) in [5.74, 6) is 0. The lowest BCUT2D eigenvalue weighted by atomic mass is 9.95. The Morgan fingerprint density at radius 1 is 0.741 bits per heavy atom. The van der Waals surface area contributed by atoms with Crippen molar-refractivity contribution in [2.75, 3.05) is 13.2 Å². The Labute approximate surface area is 168 Å². The Kier molecular flexibility index (Phi) is 10.9. The monoisotopic (exact) mass is 374 g/mol. The maximum atomic E-state index is 5.78. The van der Waals surface area contributed by atoms with Crippen LogP contribution in [-0.4, -0.2) is 19.5 Å². The zero-order chi connectivity index (χ0) is 20.3. The minimum atomic E-state index is -0.164. The van der Waals surface area contributed by atoms with Gasteiger partial charge in [-0.3, -0.25) is 0 Å². The molecule has 1 saturated heterocycles. The van der Waals surface area contributed by atoms with Crippen molar-refractivity contribution in [1.82, 2.24) is 0 Å². The van der Waals surface area contributed by atoms with Gasteiger partial charge in [0.05, 0.1) is 13.2 Å². The van der Waals surface area contributed by atoms with Gasteiger partial charge in [0.15, 0.2) is 6.29 Å². The highest BCUT2D eigenvalue weighted by atomic mass is 16.7. The molecule has 0 aromatic carbocycles. The molecule has 0 aromatic rings. The van der Waals surface area contributed by atoms with Crippen LogP contribution in [0.4, 0.5) is 0 Å². The topological polar surface area (TPSA) is 18.5 Å². The molecule has 1 fully saturated rings. The van der Waals surface area contributed by atoms with Gasteiger partial charge in [-0.15, -0.1) is 0 Å². The third-order valence-corrected chi connectivity index (χ3v) is 4.85. The van der Waals surface area contributed by atoms with Gasteiger partial charge >= 0.3 is 0 Å². The molecule has 0 aromatic heterocycles. The molecule has 2 heteroatoms. The maximum Gasteiger partial charge on any atom is 0.177 e. The summed E-state index contributed by atoms with van der Waals surface area (Å²) < 4.78 is 11.6. The average molecular weight is 375 g/mol. The fourth-order valence-corrected chi connectivity index (χ4v) is 3.00. The molecule has 1 aliphatic heterocycles. The Bertz CT molecular complexity index is 547. The SMILES string of the molecule is CC(C)=CCCC(C)=CCCC(C)=CCCC(C)=CC1OCC(C)(C)CO1. The predicted octanol–water partition coefficient (Wildman–Crippen LogP) is 7.53. The van der Waals surface area contributed by atoms with Gasteiger partial charge in [-0.1, -0.05) is 54.4 Å². The quantitative estimate of drug-likeness (QED) is 0.368. The molecule has 2 nitrogen and oxygen atoms in total. The van der Waals surface area contributed by atoms with Crippen LogP contribution in [0.5, 0.6) is 0 Å². The van der Waals surface area contributed by atoms with Crippen LogP contribution in [0.3, 0.4) is 0 Å². The summed E-state index contributed by atoms with van der Waals surface area (Å²) in [5, 5.41) is 0. The first-order chi connectivity index (χ1) is 12.7. The first-order valence-corrected chi connectivity index (χ1v) is 10.5. The van der Waals surface area contributed by atoms with Crippen LogP contribution in [0.2, 0.25) is 0 Å². The number of hydrogen-bond donors (Lipinski definition) is 0. The largest absolute Gasteiger partial charge is 0.348 e. The fraction of sp³-hybridized carbons (Fsp3) is 0.680. The van der Waals surface area contributed by atoms with Crippen molar-refractivity contribution in [2.24, 2.45) is 5.41 Å². The van der Waals surface area contributed by atoms with Gasteiger partial charge in [0, 0.05) is 5.41 Å². The van der Waals surface area contributed by atoms with E-state index in [1.807, 2.05) is 0 Å². The van der Waals surface area contributed by atoms with Crippen LogP contribution < -0.4 is 0 Å². The molecule has 1 aliphatic rings. The van der Waals surface area contributed by atoms with E-state index in [2.05, 4.69) is 72.8 Å². The van der Waals surface area contributed by atoms with Crippen molar-refractivity contribution in [3.05, 3.63) is 46.6 Å². The van der Waals surface area contributed by atoms with Crippen molar-refractivity contribution in [3.63, 3.8) is 0 Å². The van der Waals surface area contributed by atoms with Crippen molar-refractivity contribution in [2.45, 2.75) is 93.3 Å². The van der Waals surface area contributed by atoms with Crippen molar-refractivity contribution >= 4 is 0 Å². The summed E-state index contributed by atoms with van der Waals surface area (Å²) in [7, 11) is 0. The summed E-state index contributed by atoms with van der Waals surface area (Å²) in [6.07, 6.45) is 15.9. The minimum absolute atomic E-state index is 0.135. The molecule has 0 saturated carbocycles. The molecule has 0 aliphatic carbocycles. The Morgan fingerprint density at radius 2 is 1.19 bits per heavy atom. The fourth-order valence-electron chi connectivity index (χ4n) is 3.00. The van der Waals surface area contributed by atoms with E-state index >= 15 is 0 Å². The molecule has 154 valence electrons. The highest BCUT2D eigenvalue weighted by Gasteiger charge is 2.27. The van der Waals surface area contributed by atoms with Crippen LogP contribution in [0, 0.1) is 5.41 Å². The second-order valence-electron chi connectivity index (χ2n) is 9.17. The smallest absolute Gasteiger partial charge is 0.177 e. The molecule has 27 heavy (non-hydrogen) atoms. The van der Waals surface area contributed by atoms with Gasteiger partial charge in [0.1, 0.15) is 0 Å². The zero-order valence-electron chi connectivity index (χ0n) is 18.9. The summed E-state index contributed by atoms with van der Waals surface area (Å²) >= 11 is 0. The first-order valence-electron chi connectivity index (χ1n) is 10.5. The summed E-state index contributed by atoms with van der Waals surface area (Å²) in [6.45, 7) is 16.9. The summed E-state index contributed by atoms with van der Waals surface area (Å²) in [6, 6.07) is 0. The Hall–Kier alpha value is -1.12. The van der Waals surface area contributed by atoms with Crippen LogP contribution in [-0.2, 0) is 9.47 Å². The van der Waals surface area contributed by atoms with Gasteiger partial charge in [-0.05, 0) is 79.2 Å². The molecule has 1 heterocycles. The standard InChI is InChI=1S/C25H42O2/c1-20(2)11-8-12-21(3)13-9-14-22(4)15-10-16-23(5)17-24-26-18-25(6,7)19-27-24/h11,13,15,17,24H,8-10,12,14,16,18-19H2,1-7H3. The van der Waals surface area contributed by atoms with Crippen LogP contribution in [0.15, 0.2) is 46.6 Å². The molecule has 0 radical (unpaired) electrons. The lowest BCUT2D eigenvalue weighted by Gasteiger charge is -2.33. The summed E-state index contributed by atoms with van der Waals surface area (Å²) in [4.78, 5) is 0. The first kappa shape index (κ1) is 23.9. The minimum Gasteiger partial charge on any atom is -0.348 e. The second kappa shape index (κ2) is 12.4. The highest BCUT2D eigenvalue weighted by Crippen LogP contribution is 2.24. The van der Waals surface area contributed by atoms with Gasteiger partial charge < -0.3 is 9.47 Å².